The molecule has 0 radical (unpaired) electrons. The summed E-state index contributed by atoms with van der Waals surface area (Å²) in [7, 11) is 0. The van der Waals surface area contributed by atoms with Crippen molar-refractivity contribution < 1.29 is 67.7 Å². The van der Waals surface area contributed by atoms with Gasteiger partial charge in [0.25, 0.3) is 0 Å². The van der Waals surface area contributed by atoms with Crippen molar-refractivity contribution in [1.29, 1.82) is 0 Å². The van der Waals surface area contributed by atoms with E-state index in [4.69, 9.17) is 45.9 Å². The summed E-state index contributed by atoms with van der Waals surface area (Å²) in [5.41, 5.74) is 46.1. The van der Waals surface area contributed by atoms with Crippen molar-refractivity contribution in [3.8, 4) is 0 Å². The first-order valence-electron chi connectivity index (χ1n) is 31.2. The maximum Gasteiger partial charge on any atom is 0.245 e. The first-order valence-corrected chi connectivity index (χ1v) is 31.2. The molecule has 29 N–H and O–H groups in total. The number of rotatable bonds is 45. The molecule has 2 rings (SSSR count). The Labute approximate surface area is 551 Å². The molecule has 0 aliphatic carbocycles. The molecular weight excluding hydrogens is 1240 g/mol. The number of unbranched alkanes of at least 4 members (excludes halogenated alkanes) is 2. The minimum atomic E-state index is -1.72. The molecule has 0 aromatic heterocycles. The molecule has 0 unspecified atom stereocenters. The van der Waals surface area contributed by atoms with Crippen molar-refractivity contribution in [2.24, 2.45) is 55.9 Å². The summed E-state index contributed by atoms with van der Waals surface area (Å²) in [6.45, 7) is 3.85. The third-order valence-corrected chi connectivity index (χ3v) is 14.5. The zero-order valence-electron chi connectivity index (χ0n) is 54.2. The van der Waals surface area contributed by atoms with Crippen LogP contribution in [0.25, 0.3) is 0 Å². The first kappa shape index (κ1) is 81.5. The molecule has 0 heterocycles. The van der Waals surface area contributed by atoms with Crippen molar-refractivity contribution in [3.05, 3.63) is 71.8 Å². The van der Waals surface area contributed by atoms with E-state index in [0.29, 0.717) is 31.4 Å². The Morgan fingerprint density at radius 1 is 0.421 bits per heavy atom. The number of benzene rings is 2. The van der Waals surface area contributed by atoms with Gasteiger partial charge in [-0.2, -0.15) is 0 Å². The lowest BCUT2D eigenvalue weighted by Gasteiger charge is -2.26. The van der Waals surface area contributed by atoms with Gasteiger partial charge in [0.1, 0.15) is 60.4 Å². The number of carbonyl (C=O) groups is 12. The molecule has 12 atom stereocenters. The summed E-state index contributed by atoms with van der Waals surface area (Å²) < 4.78 is 0. The molecule has 35 nitrogen and oxygen atoms in total. The number of nitrogens with zero attached hydrogens (tertiary/aromatic N) is 2. The lowest BCUT2D eigenvalue weighted by Crippen LogP contribution is -2.60. The van der Waals surface area contributed by atoms with Crippen LogP contribution in [-0.2, 0) is 70.4 Å². The number of aliphatic hydroxyl groups is 2. The highest BCUT2D eigenvalue weighted by Gasteiger charge is 2.35. The van der Waals surface area contributed by atoms with Gasteiger partial charge in [0.15, 0.2) is 11.9 Å². The lowest BCUT2D eigenvalue weighted by atomic mass is 10.0. The van der Waals surface area contributed by atoms with Crippen LogP contribution >= 0.6 is 0 Å². The standard InChI is InChI=1S/C60H99N21O14/c1-33(72-46(84)31-71-58(95)47(36(4)83)81-56(93)44(30-38-19-9-6-10-20-38)79-51(88)34(2)73-52(89)39(63)29-37-17-7-5-8-18-37)49(86)76-43(24-16-28-70-60(67)68)54(91)78-41(22-12-14-26-62)55(92)80-45(32-82)57(94)74-35(3)50(87)77-42(23-15-27-69-59(65)66)53(90)75-40(48(64)85)21-11-13-25-61/h5-10,17-20,33-36,39-45,47,82-83H,11-16,21-32,61-63H2,1-4H3,(H2,64,85)(H,71,95)(H,72,84)(H,73,89)(H,74,94)(H,75,90)(H,76,86)(H,77,87)(H,78,91)(H,79,88)(H,80,92)(H,81,93)(H4,65,66,69)(H4,67,68,70)/t33-,34+,35-,36+,39-,40-,41-,42-,43-,44-,45-,47-/m0/s1. The van der Waals surface area contributed by atoms with E-state index in [-0.39, 0.29) is 89.3 Å². The highest BCUT2D eigenvalue weighted by Crippen LogP contribution is 2.10. The van der Waals surface area contributed by atoms with E-state index < -0.39 is 157 Å². The van der Waals surface area contributed by atoms with Crippen LogP contribution in [0, 0.1) is 0 Å². The highest BCUT2D eigenvalue weighted by atomic mass is 16.3. The first-order chi connectivity index (χ1) is 45.0. The fourth-order valence-electron chi connectivity index (χ4n) is 9.07. The molecular formula is C60H99N21O14. The average molecular weight is 1340 g/mol. The smallest absolute Gasteiger partial charge is 0.245 e. The Morgan fingerprint density at radius 3 is 1.22 bits per heavy atom. The molecule has 0 fully saturated rings. The van der Waals surface area contributed by atoms with Crippen LogP contribution in [-0.4, -0.2) is 205 Å². The summed E-state index contributed by atoms with van der Waals surface area (Å²) in [5, 5.41) is 48.1. The van der Waals surface area contributed by atoms with Crippen LogP contribution in [0.2, 0.25) is 0 Å². The van der Waals surface area contributed by atoms with E-state index >= 15 is 0 Å². The number of guanidine groups is 2. The van der Waals surface area contributed by atoms with Gasteiger partial charge < -0.3 is 115 Å². The summed E-state index contributed by atoms with van der Waals surface area (Å²) in [6, 6.07) is 2.46. The second-order valence-corrected chi connectivity index (χ2v) is 22.6. The third kappa shape index (κ3) is 32.2. The van der Waals surface area contributed by atoms with E-state index in [1.54, 1.807) is 54.6 Å². The lowest BCUT2D eigenvalue weighted by molar-refractivity contribution is -0.136. The van der Waals surface area contributed by atoms with Gasteiger partial charge >= 0.3 is 0 Å². The number of amides is 12. The molecule has 0 bridgehead atoms. The molecule has 0 aliphatic rings. The molecule has 12 amide bonds. The second-order valence-electron chi connectivity index (χ2n) is 22.6. The van der Waals surface area contributed by atoms with Gasteiger partial charge in [0, 0.05) is 19.5 Å². The Bertz CT molecular complexity index is 2880. The Kier molecular flexibility index (Phi) is 37.8. The molecule has 0 saturated carbocycles. The van der Waals surface area contributed by atoms with Crippen LogP contribution in [0.1, 0.15) is 103 Å². The van der Waals surface area contributed by atoms with E-state index in [1.165, 1.54) is 27.7 Å². The molecule has 0 saturated heterocycles. The number of carbonyl (C=O) groups excluding carboxylic acids is 12. The van der Waals surface area contributed by atoms with Crippen molar-refractivity contribution in [2.45, 2.75) is 177 Å². The number of aliphatic hydroxyl groups excluding tert-OH is 2. The van der Waals surface area contributed by atoms with Crippen LogP contribution in [0.5, 0.6) is 0 Å². The zero-order chi connectivity index (χ0) is 71.2. The zero-order valence-corrected chi connectivity index (χ0v) is 54.2. The maximum atomic E-state index is 14.1. The molecule has 95 heavy (non-hydrogen) atoms. The van der Waals surface area contributed by atoms with E-state index in [9.17, 15) is 67.7 Å². The summed E-state index contributed by atoms with van der Waals surface area (Å²) in [4.78, 5) is 169. The Hall–Kier alpha value is -9.58. The third-order valence-electron chi connectivity index (χ3n) is 14.5. The second kappa shape index (κ2) is 44.1. The van der Waals surface area contributed by atoms with Gasteiger partial charge in [-0.1, -0.05) is 60.7 Å². The van der Waals surface area contributed by atoms with Crippen LogP contribution in [0.15, 0.2) is 70.6 Å². The number of hydrogen-bond donors (Lipinski definition) is 21. The van der Waals surface area contributed by atoms with E-state index in [1.807, 2.05) is 6.07 Å². The van der Waals surface area contributed by atoms with Crippen LogP contribution in [0.3, 0.4) is 0 Å². The molecule has 0 aliphatic heterocycles. The molecule has 528 valence electrons. The Morgan fingerprint density at radius 2 is 0.789 bits per heavy atom. The van der Waals surface area contributed by atoms with Crippen molar-refractivity contribution >= 4 is 82.8 Å². The molecule has 0 spiro atoms. The normalized spacial score (nSPS) is 14.7. The van der Waals surface area contributed by atoms with E-state index in [2.05, 4.69) is 68.5 Å². The SMILES string of the molecule is C[C@H](NC(=O)CNC(=O)[C@@H](NC(=O)[C@H](Cc1ccccc1)NC(=O)[C@@H](C)NC(=O)[C@@H](N)Cc1ccccc1)[C@@H](C)O)C(=O)N[C@@H](CCCN=C(N)N)C(=O)N[C@@H](CCCCN)C(=O)N[C@@H](CO)C(=O)N[C@@H](C)C(=O)N[C@@H](CCCN=C(N)N)C(=O)N[C@@H](CCCCN)C(N)=O. The van der Waals surface area contributed by atoms with Gasteiger partial charge in [-0.3, -0.25) is 67.5 Å². The maximum absolute atomic E-state index is 14.1. The molecule has 2 aromatic rings. The van der Waals surface area contributed by atoms with Gasteiger partial charge in [0.05, 0.1) is 25.3 Å². The van der Waals surface area contributed by atoms with Crippen LogP contribution in [0.4, 0.5) is 0 Å². The predicted molar refractivity (Wildman–Crippen MR) is 351 cm³/mol. The Balaban J connectivity index is 2.21. The van der Waals surface area contributed by atoms with Crippen molar-refractivity contribution in [3.63, 3.8) is 0 Å². The van der Waals surface area contributed by atoms with Gasteiger partial charge in [-0.05, 0) is 123 Å². The fraction of sp³-hybridized carbons (Fsp3) is 0.567. The van der Waals surface area contributed by atoms with Gasteiger partial charge in [-0.25, -0.2) is 0 Å². The minimum Gasteiger partial charge on any atom is -0.394 e. The van der Waals surface area contributed by atoms with Crippen LogP contribution < -0.4 is 104 Å². The quantitative estimate of drug-likeness (QED) is 0.0166. The largest absolute Gasteiger partial charge is 0.394 e. The number of aliphatic imine (C=N–C) groups is 2. The molecule has 35 heteroatoms. The number of nitrogens with two attached hydrogens (primary N) is 8. The van der Waals surface area contributed by atoms with Gasteiger partial charge in [-0.15, -0.1) is 0 Å². The minimum absolute atomic E-state index is 0.0165. The van der Waals surface area contributed by atoms with Crippen molar-refractivity contribution in [2.75, 3.05) is 39.3 Å². The fourth-order valence-corrected chi connectivity index (χ4v) is 9.07. The average Bonchev–Trinajstić information content (AvgIpc) is 2.57. The van der Waals surface area contributed by atoms with E-state index in [0.717, 1.165) is 5.56 Å². The number of hydrogen-bond acceptors (Lipinski definition) is 19. The summed E-state index contributed by atoms with van der Waals surface area (Å²) in [6.07, 6.45) is 0.334. The summed E-state index contributed by atoms with van der Waals surface area (Å²) in [5.74, 6) is -11.2. The monoisotopic (exact) mass is 1340 g/mol. The van der Waals surface area contributed by atoms with Crippen molar-refractivity contribution in [1.82, 2.24) is 58.5 Å². The number of nitrogens with one attached hydrogen (secondary N) is 11. The number of primary amides is 1. The predicted octanol–water partition coefficient (Wildman–Crippen LogP) is -7.95. The molecule has 2 aromatic carbocycles. The highest BCUT2D eigenvalue weighted by molar-refractivity contribution is 5.99. The topological polar surface area (TPSA) is 611 Å². The van der Waals surface area contributed by atoms with Gasteiger partial charge in [0.2, 0.25) is 70.9 Å². The summed E-state index contributed by atoms with van der Waals surface area (Å²) >= 11 is 0.